The summed E-state index contributed by atoms with van der Waals surface area (Å²) in [6, 6.07) is 3.97. The van der Waals surface area contributed by atoms with E-state index in [4.69, 9.17) is 0 Å². The van der Waals surface area contributed by atoms with E-state index in [1.165, 1.54) is 37.9 Å². The molecule has 0 aromatic carbocycles. The van der Waals surface area contributed by atoms with Crippen molar-refractivity contribution in [3.05, 3.63) is 24.1 Å². The van der Waals surface area contributed by atoms with Crippen molar-refractivity contribution in [1.82, 2.24) is 10.3 Å². The Morgan fingerprint density at radius 1 is 1.22 bits per heavy atom. The van der Waals surface area contributed by atoms with Gasteiger partial charge in [-0.1, -0.05) is 0 Å². The van der Waals surface area contributed by atoms with Crippen LogP contribution >= 0.6 is 0 Å². The third-order valence-corrected chi connectivity index (χ3v) is 3.91. The number of anilines is 1. The molecule has 3 rings (SSSR count). The maximum Gasteiger partial charge on any atom is 0.141 e. The molecule has 0 amide bonds. The molecule has 1 saturated heterocycles. The van der Waals surface area contributed by atoms with Gasteiger partial charge in [0, 0.05) is 12.6 Å². The van der Waals surface area contributed by atoms with Gasteiger partial charge in [-0.25, -0.2) is 9.37 Å². The predicted octanol–water partition coefficient (Wildman–Crippen LogP) is 2.19. The summed E-state index contributed by atoms with van der Waals surface area (Å²) in [5.41, 5.74) is 0. The number of hydrogen-bond donors (Lipinski definition) is 1. The average Bonchev–Trinajstić information content (AvgIpc) is 3.23. The van der Waals surface area contributed by atoms with Crippen LogP contribution in [0.2, 0.25) is 0 Å². The molecule has 18 heavy (non-hydrogen) atoms. The van der Waals surface area contributed by atoms with Gasteiger partial charge in [0.15, 0.2) is 0 Å². The first-order chi connectivity index (χ1) is 8.83. The minimum atomic E-state index is -0.253. The Morgan fingerprint density at radius 2 is 2.00 bits per heavy atom. The molecule has 1 aromatic heterocycles. The van der Waals surface area contributed by atoms with Crippen molar-refractivity contribution in [2.75, 3.05) is 24.5 Å². The largest absolute Gasteiger partial charge is 0.353 e. The van der Waals surface area contributed by atoms with Crippen molar-refractivity contribution in [2.45, 2.75) is 31.7 Å². The van der Waals surface area contributed by atoms with E-state index in [-0.39, 0.29) is 5.82 Å². The molecule has 1 aliphatic heterocycles. The SMILES string of the molecule is Fc1ccc(N(CC2CCNCC2)C2CC2)nc1. The molecule has 98 valence electrons. The lowest BCUT2D eigenvalue weighted by Gasteiger charge is -2.31. The van der Waals surface area contributed by atoms with E-state index >= 15 is 0 Å². The van der Waals surface area contributed by atoms with Crippen LogP contribution in [0.5, 0.6) is 0 Å². The lowest BCUT2D eigenvalue weighted by molar-refractivity contribution is 0.372. The molecule has 1 N–H and O–H groups in total. The molecule has 1 aliphatic carbocycles. The van der Waals surface area contributed by atoms with E-state index in [1.807, 2.05) is 6.07 Å². The molecule has 2 heterocycles. The Hall–Kier alpha value is -1.16. The zero-order valence-electron chi connectivity index (χ0n) is 10.6. The Morgan fingerprint density at radius 3 is 2.61 bits per heavy atom. The van der Waals surface area contributed by atoms with Crippen LogP contribution in [0.1, 0.15) is 25.7 Å². The van der Waals surface area contributed by atoms with Crippen molar-refractivity contribution < 1.29 is 4.39 Å². The average molecular weight is 249 g/mol. The molecule has 3 nitrogen and oxygen atoms in total. The van der Waals surface area contributed by atoms with Crippen LogP contribution in [0.25, 0.3) is 0 Å². The van der Waals surface area contributed by atoms with Gasteiger partial charge in [-0.2, -0.15) is 0 Å². The summed E-state index contributed by atoms with van der Waals surface area (Å²) >= 11 is 0. The molecule has 0 atom stereocenters. The van der Waals surface area contributed by atoms with Gasteiger partial charge in [0.2, 0.25) is 0 Å². The van der Waals surface area contributed by atoms with Crippen LogP contribution in [0.3, 0.4) is 0 Å². The third kappa shape index (κ3) is 2.80. The third-order valence-electron chi connectivity index (χ3n) is 3.91. The molecule has 1 saturated carbocycles. The lowest BCUT2D eigenvalue weighted by Crippen LogP contribution is -2.37. The van der Waals surface area contributed by atoms with Crippen molar-refractivity contribution in [3.8, 4) is 0 Å². The Balaban J connectivity index is 1.69. The maximum atomic E-state index is 12.9. The zero-order chi connectivity index (χ0) is 12.4. The molecule has 0 spiro atoms. The van der Waals surface area contributed by atoms with Crippen LogP contribution in [0.4, 0.5) is 10.2 Å². The van der Waals surface area contributed by atoms with Gasteiger partial charge in [0.25, 0.3) is 0 Å². The van der Waals surface area contributed by atoms with Crippen LogP contribution in [-0.2, 0) is 0 Å². The quantitative estimate of drug-likeness (QED) is 0.886. The molecule has 2 fully saturated rings. The summed E-state index contributed by atoms with van der Waals surface area (Å²) in [6.07, 6.45) is 6.32. The van der Waals surface area contributed by atoms with Crippen LogP contribution in [-0.4, -0.2) is 30.7 Å². The summed E-state index contributed by atoms with van der Waals surface area (Å²) < 4.78 is 12.9. The molecule has 0 unspecified atom stereocenters. The van der Waals surface area contributed by atoms with Crippen molar-refractivity contribution in [1.29, 1.82) is 0 Å². The summed E-state index contributed by atoms with van der Waals surface area (Å²) in [5, 5.41) is 3.40. The van der Waals surface area contributed by atoms with E-state index in [0.717, 1.165) is 31.4 Å². The number of nitrogens with one attached hydrogen (secondary N) is 1. The topological polar surface area (TPSA) is 28.2 Å². The fourth-order valence-electron chi connectivity index (χ4n) is 2.70. The summed E-state index contributed by atoms with van der Waals surface area (Å²) in [4.78, 5) is 6.63. The van der Waals surface area contributed by atoms with Crippen LogP contribution in [0, 0.1) is 11.7 Å². The fourth-order valence-corrected chi connectivity index (χ4v) is 2.70. The fraction of sp³-hybridized carbons (Fsp3) is 0.643. The number of pyridine rings is 1. The van der Waals surface area contributed by atoms with Crippen LogP contribution < -0.4 is 10.2 Å². The van der Waals surface area contributed by atoms with Gasteiger partial charge in [0.05, 0.1) is 6.20 Å². The van der Waals surface area contributed by atoms with Gasteiger partial charge in [0.1, 0.15) is 11.6 Å². The second-order valence-electron chi connectivity index (χ2n) is 5.41. The van der Waals surface area contributed by atoms with E-state index in [1.54, 1.807) is 0 Å². The van der Waals surface area contributed by atoms with E-state index in [0.29, 0.717) is 6.04 Å². The summed E-state index contributed by atoms with van der Waals surface area (Å²) in [5.74, 6) is 1.44. The Kier molecular flexibility index (Phi) is 3.46. The predicted molar refractivity (Wildman–Crippen MR) is 70.2 cm³/mol. The van der Waals surface area contributed by atoms with E-state index < -0.39 is 0 Å². The lowest BCUT2D eigenvalue weighted by atomic mass is 9.97. The minimum absolute atomic E-state index is 0.253. The summed E-state index contributed by atoms with van der Waals surface area (Å²) in [6.45, 7) is 3.32. The number of nitrogens with zero attached hydrogens (tertiary/aromatic N) is 2. The van der Waals surface area contributed by atoms with Gasteiger partial charge < -0.3 is 10.2 Å². The molecule has 1 aromatic rings. The number of piperidine rings is 1. The van der Waals surface area contributed by atoms with Crippen molar-refractivity contribution in [3.63, 3.8) is 0 Å². The molecular formula is C14H20FN3. The highest BCUT2D eigenvalue weighted by molar-refractivity contribution is 5.41. The highest BCUT2D eigenvalue weighted by Gasteiger charge is 2.31. The van der Waals surface area contributed by atoms with E-state index in [9.17, 15) is 4.39 Å². The number of hydrogen-bond acceptors (Lipinski definition) is 3. The van der Waals surface area contributed by atoms with E-state index in [2.05, 4.69) is 15.2 Å². The molecule has 2 aliphatic rings. The normalized spacial score (nSPS) is 20.9. The van der Waals surface area contributed by atoms with Crippen molar-refractivity contribution in [2.24, 2.45) is 5.92 Å². The minimum Gasteiger partial charge on any atom is -0.353 e. The second-order valence-corrected chi connectivity index (χ2v) is 5.41. The van der Waals surface area contributed by atoms with Gasteiger partial charge in [-0.15, -0.1) is 0 Å². The van der Waals surface area contributed by atoms with Gasteiger partial charge in [-0.3, -0.25) is 0 Å². The Bertz CT molecular complexity index is 383. The standard InChI is InChI=1S/C14H20FN3/c15-12-1-4-14(17-9-12)18(13-2-3-13)10-11-5-7-16-8-6-11/h1,4,9,11,13,16H,2-3,5-8,10H2. The number of aromatic nitrogens is 1. The maximum absolute atomic E-state index is 12.9. The monoisotopic (exact) mass is 249 g/mol. The first-order valence-electron chi connectivity index (χ1n) is 6.92. The highest BCUT2D eigenvalue weighted by atomic mass is 19.1. The smallest absolute Gasteiger partial charge is 0.141 e. The van der Waals surface area contributed by atoms with Gasteiger partial charge in [-0.05, 0) is 56.8 Å². The molecule has 0 radical (unpaired) electrons. The van der Waals surface area contributed by atoms with Gasteiger partial charge >= 0.3 is 0 Å². The number of halogens is 1. The number of rotatable bonds is 4. The molecule has 0 bridgehead atoms. The second kappa shape index (κ2) is 5.22. The molecular weight excluding hydrogens is 229 g/mol. The zero-order valence-corrected chi connectivity index (χ0v) is 10.6. The van der Waals surface area contributed by atoms with Crippen molar-refractivity contribution >= 4 is 5.82 Å². The molecule has 4 heteroatoms. The first kappa shape index (κ1) is 11.9. The van der Waals surface area contributed by atoms with Crippen LogP contribution in [0.15, 0.2) is 18.3 Å². The Labute approximate surface area is 107 Å². The highest BCUT2D eigenvalue weighted by Crippen LogP contribution is 2.32. The first-order valence-corrected chi connectivity index (χ1v) is 6.92. The summed E-state index contributed by atoms with van der Waals surface area (Å²) in [7, 11) is 0.